The van der Waals surface area contributed by atoms with E-state index in [1.54, 1.807) is 0 Å². The number of hydrogen-bond donors (Lipinski definition) is 0. The molecule has 58 heavy (non-hydrogen) atoms. The molecule has 8 aromatic carbocycles. The molecule has 0 spiro atoms. The number of nitrogens with zero attached hydrogens (tertiary/aromatic N) is 1. The van der Waals surface area contributed by atoms with Crippen LogP contribution in [0.25, 0.3) is 76.9 Å². The second kappa shape index (κ2) is 12.4. The molecule has 0 bridgehead atoms. The molecular formula is C55H39NO2. The van der Waals surface area contributed by atoms with Gasteiger partial charge in [-0.15, -0.1) is 0 Å². The summed E-state index contributed by atoms with van der Waals surface area (Å²) in [6.45, 7) is 4.76. The van der Waals surface area contributed by atoms with E-state index in [-0.39, 0.29) is 17.4 Å². The Morgan fingerprint density at radius 2 is 1.12 bits per heavy atom. The Labute approximate surface area is 336 Å². The molecule has 0 amide bonds. The molecule has 2 unspecified atom stereocenters. The van der Waals surface area contributed by atoms with Crippen LogP contribution in [0.4, 0.5) is 11.4 Å². The van der Waals surface area contributed by atoms with Gasteiger partial charge in [-0.2, -0.15) is 0 Å². The zero-order valence-electron chi connectivity index (χ0n) is 32.3. The third-order valence-corrected chi connectivity index (χ3v) is 12.9. The van der Waals surface area contributed by atoms with Gasteiger partial charge in [-0.05, 0) is 105 Å². The van der Waals surface area contributed by atoms with Crippen molar-refractivity contribution in [1.29, 1.82) is 0 Å². The molecule has 12 rings (SSSR count). The average Bonchev–Trinajstić information content (AvgIpc) is 3.92. The number of rotatable bonds is 5. The van der Waals surface area contributed by atoms with E-state index in [1.165, 1.54) is 55.1 Å². The van der Waals surface area contributed by atoms with Gasteiger partial charge in [0.25, 0.3) is 0 Å². The Bertz CT molecular complexity index is 3350. The van der Waals surface area contributed by atoms with Crippen molar-refractivity contribution in [1.82, 2.24) is 0 Å². The van der Waals surface area contributed by atoms with Gasteiger partial charge in [0, 0.05) is 44.3 Å². The molecule has 2 aliphatic rings. The molecule has 10 aromatic rings. The largest absolute Gasteiger partial charge is 0.456 e. The molecule has 0 N–H and O–H groups in total. The third kappa shape index (κ3) is 4.93. The molecule has 0 saturated heterocycles. The van der Waals surface area contributed by atoms with Gasteiger partial charge in [0.1, 0.15) is 22.3 Å². The monoisotopic (exact) mass is 745 g/mol. The van der Waals surface area contributed by atoms with Gasteiger partial charge in [0.15, 0.2) is 0 Å². The summed E-state index contributed by atoms with van der Waals surface area (Å²) in [5.74, 6) is 0.201. The van der Waals surface area contributed by atoms with E-state index in [2.05, 4.69) is 195 Å². The van der Waals surface area contributed by atoms with E-state index in [0.29, 0.717) is 0 Å². The second-order valence-electron chi connectivity index (χ2n) is 16.4. The Hall–Kier alpha value is -7.10. The van der Waals surface area contributed by atoms with Gasteiger partial charge in [-0.1, -0.05) is 147 Å². The van der Waals surface area contributed by atoms with E-state index in [9.17, 15) is 0 Å². The number of benzene rings is 8. The fraction of sp³-hybridized carbons (Fsp3) is 0.0909. The summed E-state index contributed by atoms with van der Waals surface area (Å²) in [5, 5.41) is 6.99. The summed E-state index contributed by atoms with van der Waals surface area (Å²) < 4.78 is 12.6. The zero-order chi connectivity index (χ0) is 38.5. The first-order valence-corrected chi connectivity index (χ1v) is 20.2. The summed E-state index contributed by atoms with van der Waals surface area (Å²) in [4.78, 5) is 2.56. The predicted molar refractivity (Wildman–Crippen MR) is 241 cm³/mol. The minimum Gasteiger partial charge on any atom is -0.456 e. The summed E-state index contributed by atoms with van der Waals surface area (Å²) >= 11 is 0. The minimum atomic E-state index is -0.0673. The first kappa shape index (κ1) is 33.1. The molecule has 2 aromatic heterocycles. The zero-order valence-corrected chi connectivity index (χ0v) is 32.3. The maximum absolute atomic E-state index is 6.32. The van der Waals surface area contributed by atoms with Gasteiger partial charge >= 0.3 is 0 Å². The van der Waals surface area contributed by atoms with Gasteiger partial charge in [-0.3, -0.25) is 0 Å². The fourth-order valence-electron chi connectivity index (χ4n) is 10.1. The number of allylic oxidation sites excluding steroid dienone is 2. The van der Waals surface area contributed by atoms with E-state index < -0.39 is 0 Å². The van der Waals surface area contributed by atoms with Crippen molar-refractivity contribution in [3.63, 3.8) is 0 Å². The number of furan rings is 2. The van der Waals surface area contributed by atoms with Crippen LogP contribution >= 0.6 is 0 Å². The SMILES string of the molecule is CC1(C)C2=CC=CC(N(c3cccc(-c4cccc(-c5ccc6ccc7oc8ccccc8c7c6c5)c4)c3)c3ccc4oc5ccccc5c4c3)C2c2ccccc21. The summed E-state index contributed by atoms with van der Waals surface area (Å²) in [5.41, 5.74) is 14.9. The van der Waals surface area contributed by atoms with Crippen LogP contribution < -0.4 is 4.90 Å². The number of anilines is 2. The Morgan fingerprint density at radius 3 is 1.98 bits per heavy atom. The van der Waals surface area contributed by atoms with Crippen LogP contribution in [0.15, 0.2) is 202 Å². The Balaban J connectivity index is 0.996. The van der Waals surface area contributed by atoms with Gasteiger partial charge in [0.05, 0.1) is 6.04 Å². The lowest BCUT2D eigenvalue weighted by molar-refractivity contribution is 0.580. The lowest BCUT2D eigenvalue weighted by Gasteiger charge is -2.39. The molecule has 276 valence electrons. The van der Waals surface area contributed by atoms with Crippen LogP contribution in [-0.4, -0.2) is 6.04 Å². The summed E-state index contributed by atoms with van der Waals surface area (Å²) in [7, 11) is 0. The summed E-state index contributed by atoms with van der Waals surface area (Å²) in [6, 6.07) is 61.6. The maximum atomic E-state index is 6.32. The maximum Gasteiger partial charge on any atom is 0.136 e. The second-order valence-corrected chi connectivity index (χ2v) is 16.4. The molecule has 2 heterocycles. The summed E-state index contributed by atoms with van der Waals surface area (Å²) in [6.07, 6.45) is 7.04. The van der Waals surface area contributed by atoms with E-state index in [1.807, 2.05) is 12.1 Å². The van der Waals surface area contributed by atoms with Crippen LogP contribution in [0.1, 0.15) is 30.9 Å². The normalized spacial score (nSPS) is 17.0. The lowest BCUT2D eigenvalue weighted by atomic mass is 9.77. The molecule has 3 heteroatoms. The van der Waals surface area contributed by atoms with Gasteiger partial charge < -0.3 is 13.7 Å². The molecule has 0 saturated carbocycles. The highest BCUT2D eigenvalue weighted by Gasteiger charge is 2.46. The van der Waals surface area contributed by atoms with Crippen molar-refractivity contribution in [3.05, 3.63) is 205 Å². The molecule has 0 aliphatic heterocycles. The lowest BCUT2D eigenvalue weighted by Crippen LogP contribution is -2.37. The smallest absolute Gasteiger partial charge is 0.136 e. The van der Waals surface area contributed by atoms with Crippen LogP contribution in [0, 0.1) is 0 Å². The number of para-hydroxylation sites is 2. The quantitative estimate of drug-likeness (QED) is 0.176. The first-order chi connectivity index (χ1) is 28.5. The highest BCUT2D eigenvalue weighted by Crippen LogP contribution is 2.55. The fourth-order valence-corrected chi connectivity index (χ4v) is 10.1. The predicted octanol–water partition coefficient (Wildman–Crippen LogP) is 15.1. The molecule has 0 fully saturated rings. The minimum absolute atomic E-state index is 0.0496. The van der Waals surface area contributed by atoms with Gasteiger partial charge in [-0.25, -0.2) is 0 Å². The highest BCUT2D eigenvalue weighted by atomic mass is 16.3. The van der Waals surface area contributed by atoms with Crippen molar-refractivity contribution in [2.75, 3.05) is 4.90 Å². The highest BCUT2D eigenvalue weighted by molar-refractivity contribution is 6.19. The van der Waals surface area contributed by atoms with Crippen molar-refractivity contribution >= 4 is 66.0 Å². The Kier molecular flexibility index (Phi) is 7.10. The van der Waals surface area contributed by atoms with E-state index in [4.69, 9.17) is 8.83 Å². The van der Waals surface area contributed by atoms with Crippen LogP contribution in [-0.2, 0) is 5.41 Å². The van der Waals surface area contributed by atoms with Crippen molar-refractivity contribution < 1.29 is 8.83 Å². The van der Waals surface area contributed by atoms with Crippen molar-refractivity contribution in [2.45, 2.75) is 31.2 Å². The molecular weight excluding hydrogens is 707 g/mol. The van der Waals surface area contributed by atoms with E-state index >= 15 is 0 Å². The average molecular weight is 746 g/mol. The molecule has 2 aliphatic carbocycles. The molecule has 3 nitrogen and oxygen atoms in total. The Morgan fingerprint density at radius 1 is 0.483 bits per heavy atom. The van der Waals surface area contributed by atoms with E-state index in [0.717, 1.165) is 49.9 Å². The number of hydrogen-bond acceptors (Lipinski definition) is 3. The first-order valence-electron chi connectivity index (χ1n) is 20.2. The van der Waals surface area contributed by atoms with Crippen LogP contribution in [0.5, 0.6) is 0 Å². The topological polar surface area (TPSA) is 29.5 Å². The molecule has 2 atom stereocenters. The van der Waals surface area contributed by atoms with Crippen molar-refractivity contribution in [2.24, 2.45) is 0 Å². The van der Waals surface area contributed by atoms with Crippen LogP contribution in [0.3, 0.4) is 0 Å². The van der Waals surface area contributed by atoms with Crippen molar-refractivity contribution in [3.8, 4) is 22.3 Å². The van der Waals surface area contributed by atoms with Crippen LogP contribution in [0.2, 0.25) is 0 Å². The number of fused-ring (bicyclic) bond motifs is 11. The standard InChI is InChI=1S/C55H39NO2/c1-55(2)46-19-6-3-17-42(46)54-47(55)20-11-21-48(54)56(40-27-29-51-45(33-40)41-16-4-7-22-49(41)57-51)39-15-10-14-37(31-39)35-12-9-13-36(30-35)38-25-24-34-26-28-52-53(44(34)32-38)43-18-5-8-23-50(43)58-52/h3-33,48,54H,1-2H3. The molecule has 0 radical (unpaired) electrons. The van der Waals surface area contributed by atoms with Gasteiger partial charge in [0.2, 0.25) is 0 Å². The third-order valence-electron chi connectivity index (χ3n) is 12.9.